The van der Waals surface area contributed by atoms with Crippen LogP contribution >= 0.6 is 0 Å². The molecule has 0 N–H and O–H groups in total. The summed E-state index contributed by atoms with van der Waals surface area (Å²) in [5, 5.41) is 9.12. The third-order valence-electron chi connectivity index (χ3n) is 16.3. The van der Waals surface area contributed by atoms with E-state index in [-0.39, 0.29) is 0 Å². The summed E-state index contributed by atoms with van der Waals surface area (Å²) in [5.74, 6) is 1.82. The summed E-state index contributed by atoms with van der Waals surface area (Å²) in [6.07, 6.45) is 0. The zero-order chi connectivity index (χ0) is 49.1. The monoisotopic (exact) mass is 1070 g/mol. The Morgan fingerprint density at radius 3 is 1.19 bits per heavy atom. The molecule has 0 spiro atoms. The minimum atomic E-state index is -4.55. The summed E-state index contributed by atoms with van der Waals surface area (Å²) < 4.78 is 26.4. The topological polar surface area (TPSA) is 42.0 Å². The Balaban J connectivity index is 0.979. The molecule has 0 aliphatic carbocycles. The fourth-order valence-corrected chi connectivity index (χ4v) is 29.0. The first kappa shape index (κ1) is 41.4. The molecule has 0 saturated heterocycles. The van der Waals surface area contributed by atoms with Crippen LogP contribution in [0, 0.1) is 6.92 Å². The van der Waals surface area contributed by atoms with Crippen LogP contribution in [0.5, 0.6) is 11.5 Å². The second-order valence-corrected chi connectivity index (χ2v) is 30.7. The van der Waals surface area contributed by atoms with Crippen molar-refractivity contribution in [2.75, 3.05) is 9.80 Å². The molecule has 5 heterocycles. The van der Waals surface area contributed by atoms with Crippen LogP contribution in [-0.2, 0) is 0 Å². The molecule has 75 heavy (non-hydrogen) atoms. The van der Waals surface area contributed by atoms with E-state index in [0.29, 0.717) is 0 Å². The van der Waals surface area contributed by atoms with E-state index in [4.69, 9.17) is 13.6 Å². The van der Waals surface area contributed by atoms with Crippen LogP contribution in [0.4, 0.5) is 34.1 Å². The van der Waals surface area contributed by atoms with Crippen molar-refractivity contribution in [1.29, 1.82) is 0 Å². The normalized spacial score (nSPS) is 13.8. The van der Waals surface area contributed by atoms with Crippen LogP contribution in [0.3, 0.4) is 0 Å². The molecule has 3 aliphatic rings. The number of anilines is 6. The quantitative estimate of drug-likeness (QED) is 0.161. The van der Waals surface area contributed by atoms with Crippen molar-refractivity contribution < 1.29 is 13.6 Å². The molecule has 14 aromatic rings. The van der Waals surface area contributed by atoms with Gasteiger partial charge in [0.25, 0.3) is 0 Å². The van der Waals surface area contributed by atoms with Crippen LogP contribution < -0.4 is 28.9 Å². The van der Waals surface area contributed by atoms with Crippen molar-refractivity contribution in [1.82, 2.24) is 0 Å². The fraction of sp³-hybridized carbons (Fsp3) is 0.0145. The number of rotatable bonds is 5. The Morgan fingerprint density at radius 1 is 0.320 bits per heavy atom. The molecule has 0 unspecified atom stereocenters. The maximum atomic E-state index is 7.76. The zero-order valence-electron chi connectivity index (χ0n) is 40.6. The standard InChI is InChI=1S/C63H37N2O3.C6H5.Sn/c1-39-24-50-36-51(25-39)65(49-18-6-3-7-19-49)53-27-47(45-21-23-61-57(33-45)59-31-41-13-9-11-15-43(41)35-63(59)68-61)29-55(38-53)66-54-28-46(26-52(37-54)64(50)48-16-4-2-5-17-48)44-20-22-60-56(32-44)58-30-40-12-8-10-14-42(40)34-62(58)67-60;1-2-4-6-5-3-1;/h2-35H,1H3;1-5H;. The molecule has 350 valence electrons. The molecule has 0 atom stereocenters. The van der Waals surface area contributed by atoms with Crippen molar-refractivity contribution in [3.05, 3.63) is 242 Å². The number of furan rings is 2. The van der Waals surface area contributed by atoms with Crippen LogP contribution in [0.2, 0.25) is 0 Å². The summed E-state index contributed by atoms with van der Waals surface area (Å²) in [4.78, 5) is 5.07. The van der Waals surface area contributed by atoms with E-state index in [1.807, 2.05) is 0 Å². The fourth-order valence-electron chi connectivity index (χ4n) is 13.2. The molecule has 0 fully saturated rings. The van der Waals surface area contributed by atoms with Gasteiger partial charge in [0.1, 0.15) is 0 Å². The molecule has 5 nitrogen and oxygen atoms in total. The van der Waals surface area contributed by atoms with Gasteiger partial charge in [0, 0.05) is 0 Å². The van der Waals surface area contributed by atoms with Gasteiger partial charge in [-0.15, -0.1) is 0 Å². The van der Waals surface area contributed by atoms with Crippen molar-refractivity contribution in [3.63, 3.8) is 0 Å². The van der Waals surface area contributed by atoms with Gasteiger partial charge in [0.05, 0.1) is 0 Å². The third kappa shape index (κ3) is 5.79. The summed E-state index contributed by atoms with van der Waals surface area (Å²) in [6, 6.07) is 87.1. The second kappa shape index (κ2) is 15.3. The number of nitrogens with zero attached hydrogens (tertiary/aromatic N) is 2. The van der Waals surface area contributed by atoms with E-state index >= 15 is 0 Å². The van der Waals surface area contributed by atoms with Gasteiger partial charge in [-0.3, -0.25) is 0 Å². The van der Waals surface area contributed by atoms with Crippen LogP contribution in [0.25, 0.3) is 87.7 Å². The van der Waals surface area contributed by atoms with E-state index in [0.717, 1.165) is 89.0 Å². The van der Waals surface area contributed by atoms with Gasteiger partial charge in [-0.2, -0.15) is 0 Å². The van der Waals surface area contributed by atoms with Gasteiger partial charge in [-0.05, 0) is 0 Å². The molecule has 6 heteroatoms. The van der Waals surface area contributed by atoms with Gasteiger partial charge in [0.15, 0.2) is 0 Å². The Kier molecular flexibility index (Phi) is 8.43. The van der Waals surface area contributed by atoms with Gasteiger partial charge < -0.3 is 0 Å². The second-order valence-electron chi connectivity index (χ2n) is 20.5. The first-order chi connectivity index (χ1) is 37.0. The van der Waals surface area contributed by atoms with Gasteiger partial charge in [-0.1, -0.05) is 12.1 Å². The van der Waals surface area contributed by atoms with E-state index in [2.05, 4.69) is 253 Å². The predicted molar refractivity (Wildman–Crippen MR) is 312 cm³/mol. The zero-order valence-corrected chi connectivity index (χ0v) is 43.5. The van der Waals surface area contributed by atoms with E-state index in [9.17, 15) is 0 Å². The van der Waals surface area contributed by atoms with E-state index in [1.54, 1.807) is 0 Å². The van der Waals surface area contributed by atoms with Gasteiger partial charge in [0.2, 0.25) is 0 Å². The Morgan fingerprint density at radius 2 is 0.720 bits per heavy atom. The van der Waals surface area contributed by atoms with Crippen molar-refractivity contribution in [3.8, 4) is 33.8 Å². The van der Waals surface area contributed by atoms with Crippen LogP contribution in [-0.4, -0.2) is 18.4 Å². The first-order valence-electron chi connectivity index (χ1n) is 25.7. The summed E-state index contributed by atoms with van der Waals surface area (Å²) in [5.41, 5.74) is 16.1. The molecule has 0 saturated carbocycles. The number of hydrogen-bond acceptors (Lipinski definition) is 5. The van der Waals surface area contributed by atoms with Crippen molar-refractivity contribution in [2.45, 2.75) is 6.92 Å². The first-order valence-corrected chi connectivity index (χ1v) is 31.4. The van der Waals surface area contributed by atoms with Crippen molar-refractivity contribution >= 4 is 132 Å². The molecule has 17 rings (SSSR count). The Labute approximate surface area is 435 Å². The molecule has 2 aromatic heterocycles. The molecular weight excluding hydrogens is 1020 g/mol. The van der Waals surface area contributed by atoms with Crippen LogP contribution in [0.15, 0.2) is 245 Å². The molecular formula is C69H42N2O3Sn. The van der Waals surface area contributed by atoms with E-state index < -0.39 is 18.4 Å². The van der Waals surface area contributed by atoms with E-state index in [1.165, 1.54) is 64.2 Å². The van der Waals surface area contributed by atoms with Gasteiger partial charge in [-0.25, -0.2) is 0 Å². The molecule has 0 radical (unpaired) electrons. The average Bonchev–Trinajstić information content (AvgIpc) is 4.02. The van der Waals surface area contributed by atoms with Gasteiger partial charge >= 0.3 is 426 Å². The molecule has 12 aromatic carbocycles. The Bertz CT molecular complexity index is 4500. The maximum absolute atomic E-state index is 7.76. The number of fused-ring (bicyclic) bond motifs is 8. The number of ether oxygens (including phenoxy) is 1. The van der Waals surface area contributed by atoms with Crippen LogP contribution in [0.1, 0.15) is 5.56 Å². The number of hydrogen-bond donors (Lipinski definition) is 0. The summed E-state index contributed by atoms with van der Waals surface area (Å²) >= 11 is -4.55. The SMILES string of the molecule is Cc1cc2[c]3c(c1)N(c1ccccc1)c1cc(-c4ccc5oc6cc7ccccc7cc6c5c4)cc4[c]1[Sn]3([c]1ccccc1)[c]1c(cc(-c3ccc5oc6cc7ccccc7cc6c5c3)cc1N2c1ccccc1)O4. The third-order valence-corrected chi connectivity index (χ3v) is 30.5. The number of aryl methyl sites for hydroxylation is 1. The molecule has 3 aliphatic heterocycles. The summed E-state index contributed by atoms with van der Waals surface area (Å²) in [7, 11) is 0. The Hall–Kier alpha value is -9.04. The number of para-hydroxylation sites is 2. The minimum absolute atomic E-state index is 0.871. The predicted octanol–water partition coefficient (Wildman–Crippen LogP) is 16.5. The summed E-state index contributed by atoms with van der Waals surface area (Å²) in [6.45, 7) is 2.26. The molecule has 0 amide bonds. The number of benzene rings is 12. The molecule has 0 bridgehead atoms. The van der Waals surface area contributed by atoms with Crippen molar-refractivity contribution in [2.24, 2.45) is 0 Å². The average molecular weight is 1070 g/mol.